The van der Waals surface area contributed by atoms with Crippen LogP contribution >= 0.6 is 11.6 Å². The molecule has 0 aliphatic carbocycles. The molecule has 0 radical (unpaired) electrons. The number of rotatable bonds is 1. The third-order valence-corrected chi connectivity index (χ3v) is 1.35. The summed E-state index contributed by atoms with van der Waals surface area (Å²) in [7, 11) is 0. The van der Waals surface area contributed by atoms with Crippen LogP contribution in [0.2, 0.25) is 5.02 Å². The van der Waals surface area contributed by atoms with Crippen molar-refractivity contribution in [1.29, 1.82) is 0 Å². The molecular formula is C8H10ClNO3. The summed E-state index contributed by atoms with van der Waals surface area (Å²) in [5, 5.41) is 9.40. The smallest absolute Gasteiger partial charge is 0.153 e. The molecule has 0 saturated heterocycles. The van der Waals surface area contributed by atoms with E-state index >= 15 is 0 Å². The van der Waals surface area contributed by atoms with Crippen LogP contribution in [0.1, 0.15) is 10.4 Å². The molecule has 5 heteroatoms. The van der Waals surface area contributed by atoms with Crippen molar-refractivity contribution in [3.63, 3.8) is 0 Å². The van der Waals surface area contributed by atoms with E-state index in [9.17, 15) is 4.79 Å². The first-order chi connectivity index (χ1) is 5.74. The Bertz CT molecular complexity index is 278. The Hall–Kier alpha value is -1.39. The maximum Gasteiger partial charge on any atom is 0.153 e. The molecule has 0 atom stereocenters. The van der Waals surface area contributed by atoms with Gasteiger partial charge in [0.1, 0.15) is 12.5 Å². The minimum Gasteiger partial charge on any atom is -0.507 e. The second-order valence-corrected chi connectivity index (χ2v) is 2.26. The van der Waals surface area contributed by atoms with Gasteiger partial charge < -0.3 is 16.1 Å². The first kappa shape index (κ1) is 14.2. The fraction of sp³-hybridized carbons (Fsp3) is 0. The van der Waals surface area contributed by atoms with Crippen LogP contribution in [0.4, 0.5) is 0 Å². The summed E-state index contributed by atoms with van der Waals surface area (Å²) in [6.45, 7) is 2.00. The van der Waals surface area contributed by atoms with Crippen molar-refractivity contribution in [3.05, 3.63) is 28.8 Å². The van der Waals surface area contributed by atoms with Crippen LogP contribution in [0.5, 0.6) is 5.75 Å². The van der Waals surface area contributed by atoms with Gasteiger partial charge in [0, 0.05) is 5.02 Å². The molecule has 0 spiro atoms. The number of benzene rings is 1. The molecule has 0 heterocycles. The number of aromatic hydroxyl groups is 1. The van der Waals surface area contributed by atoms with Crippen LogP contribution in [0.15, 0.2) is 18.2 Å². The van der Waals surface area contributed by atoms with E-state index in [-0.39, 0.29) is 17.5 Å². The minimum atomic E-state index is -0.0810. The zero-order valence-electron chi connectivity index (χ0n) is 6.87. The number of carbonyl (C=O) groups is 2. The lowest BCUT2D eigenvalue weighted by Crippen LogP contribution is -1.78. The third kappa shape index (κ3) is 4.25. The Morgan fingerprint density at radius 3 is 2.31 bits per heavy atom. The van der Waals surface area contributed by atoms with Crippen molar-refractivity contribution in [2.45, 2.75) is 0 Å². The number of halogens is 1. The number of hydrogen-bond donors (Lipinski definition) is 2. The fourth-order valence-electron chi connectivity index (χ4n) is 0.616. The van der Waals surface area contributed by atoms with Crippen LogP contribution in [-0.2, 0) is 4.79 Å². The van der Waals surface area contributed by atoms with E-state index in [1.54, 1.807) is 6.07 Å². The second kappa shape index (κ2) is 7.27. The summed E-state index contributed by atoms with van der Waals surface area (Å²) in [5.74, 6) is -0.0810. The van der Waals surface area contributed by atoms with Crippen molar-refractivity contribution in [1.82, 2.24) is 6.15 Å². The van der Waals surface area contributed by atoms with E-state index in [0.717, 1.165) is 0 Å². The highest BCUT2D eigenvalue weighted by molar-refractivity contribution is 6.30. The average molecular weight is 204 g/mol. The normalized spacial score (nSPS) is 7.46. The molecule has 0 saturated carbocycles. The first-order valence-corrected chi connectivity index (χ1v) is 3.34. The van der Waals surface area contributed by atoms with Gasteiger partial charge >= 0.3 is 0 Å². The molecule has 0 aliphatic heterocycles. The highest BCUT2D eigenvalue weighted by Crippen LogP contribution is 2.19. The van der Waals surface area contributed by atoms with Gasteiger partial charge in [-0.3, -0.25) is 4.79 Å². The van der Waals surface area contributed by atoms with Crippen LogP contribution in [-0.4, -0.2) is 18.2 Å². The molecule has 1 rings (SSSR count). The van der Waals surface area contributed by atoms with E-state index in [1.807, 2.05) is 6.79 Å². The zero-order chi connectivity index (χ0) is 9.56. The Labute approximate surface area is 80.7 Å². The van der Waals surface area contributed by atoms with E-state index in [1.165, 1.54) is 12.1 Å². The third-order valence-electron chi connectivity index (χ3n) is 1.12. The zero-order valence-corrected chi connectivity index (χ0v) is 7.62. The maximum atomic E-state index is 10.1. The van der Waals surface area contributed by atoms with Gasteiger partial charge in [-0.25, -0.2) is 0 Å². The molecule has 4 N–H and O–H groups in total. The molecule has 4 nitrogen and oxygen atoms in total. The summed E-state index contributed by atoms with van der Waals surface area (Å²) in [5.41, 5.74) is 0.254. The second-order valence-electron chi connectivity index (χ2n) is 1.82. The first-order valence-electron chi connectivity index (χ1n) is 2.96. The van der Waals surface area contributed by atoms with Crippen LogP contribution < -0.4 is 6.15 Å². The Balaban J connectivity index is 0. The number of hydrogen-bond acceptors (Lipinski definition) is 4. The Morgan fingerprint density at radius 1 is 1.38 bits per heavy atom. The molecule has 0 unspecified atom stereocenters. The molecule has 1 aromatic rings. The topological polar surface area (TPSA) is 89.4 Å². The van der Waals surface area contributed by atoms with Gasteiger partial charge in [0.15, 0.2) is 6.29 Å². The molecule has 0 fully saturated rings. The van der Waals surface area contributed by atoms with Gasteiger partial charge in [-0.1, -0.05) is 11.6 Å². The summed E-state index contributed by atoms with van der Waals surface area (Å²) in [6, 6.07) is 4.33. The van der Waals surface area contributed by atoms with Gasteiger partial charge in [0.25, 0.3) is 0 Å². The number of phenols is 1. The summed E-state index contributed by atoms with van der Waals surface area (Å²) in [6.07, 6.45) is 0.575. The summed E-state index contributed by atoms with van der Waals surface area (Å²) >= 11 is 5.50. The van der Waals surface area contributed by atoms with Crippen LogP contribution in [0.3, 0.4) is 0 Å². The lowest BCUT2D eigenvalue weighted by atomic mass is 10.2. The van der Waals surface area contributed by atoms with Crippen LogP contribution in [0, 0.1) is 0 Å². The van der Waals surface area contributed by atoms with E-state index in [2.05, 4.69) is 0 Å². The largest absolute Gasteiger partial charge is 0.507 e. The molecule has 0 aromatic heterocycles. The van der Waals surface area contributed by atoms with Gasteiger partial charge in [0.2, 0.25) is 0 Å². The lowest BCUT2D eigenvalue weighted by molar-refractivity contribution is -0.0979. The van der Waals surface area contributed by atoms with Gasteiger partial charge in [0.05, 0.1) is 5.56 Å². The van der Waals surface area contributed by atoms with E-state index in [4.69, 9.17) is 21.5 Å². The van der Waals surface area contributed by atoms with Crippen molar-refractivity contribution in [3.8, 4) is 5.75 Å². The Kier molecular flexibility index (Phi) is 7.91. The highest BCUT2D eigenvalue weighted by Gasteiger charge is 1.97. The lowest BCUT2D eigenvalue weighted by Gasteiger charge is -1.94. The van der Waals surface area contributed by atoms with Crippen molar-refractivity contribution >= 4 is 24.7 Å². The standard InChI is InChI=1S/C7H5ClO2.CH2O.H3N/c8-6-2-1-5(4-9)7(10)3-6;1-2;/h1-4,10H;1H2;1H3. The summed E-state index contributed by atoms with van der Waals surface area (Å²) < 4.78 is 0. The number of carbonyl (C=O) groups excluding carboxylic acids is 2. The SMILES string of the molecule is C=O.N.O=Cc1ccc(Cl)cc1O. The Morgan fingerprint density at radius 2 is 1.92 bits per heavy atom. The predicted molar refractivity (Wildman–Crippen MR) is 50.6 cm³/mol. The average Bonchev–Trinajstić information content (AvgIpc) is 2.08. The minimum absolute atomic E-state index is 0. The van der Waals surface area contributed by atoms with Crippen molar-refractivity contribution < 1.29 is 14.7 Å². The maximum absolute atomic E-state index is 10.1. The molecule has 13 heavy (non-hydrogen) atoms. The quantitative estimate of drug-likeness (QED) is 0.682. The predicted octanol–water partition coefficient (Wildman–Crippen LogP) is 1.84. The number of aldehydes is 1. The molecule has 72 valence electrons. The monoisotopic (exact) mass is 203 g/mol. The van der Waals surface area contributed by atoms with E-state index < -0.39 is 0 Å². The van der Waals surface area contributed by atoms with Crippen molar-refractivity contribution in [2.24, 2.45) is 0 Å². The van der Waals surface area contributed by atoms with Gasteiger partial charge in [-0.2, -0.15) is 0 Å². The van der Waals surface area contributed by atoms with Gasteiger partial charge in [-0.05, 0) is 18.2 Å². The molecule has 0 aliphatic rings. The highest BCUT2D eigenvalue weighted by atomic mass is 35.5. The van der Waals surface area contributed by atoms with Crippen molar-refractivity contribution in [2.75, 3.05) is 0 Å². The summed E-state index contributed by atoms with van der Waals surface area (Å²) in [4.78, 5) is 18.1. The molecular weight excluding hydrogens is 194 g/mol. The fourth-order valence-corrected chi connectivity index (χ4v) is 0.783. The van der Waals surface area contributed by atoms with Gasteiger partial charge in [-0.15, -0.1) is 0 Å². The molecule has 0 amide bonds. The molecule has 1 aromatic carbocycles. The molecule has 0 bridgehead atoms. The van der Waals surface area contributed by atoms with Crippen LogP contribution in [0.25, 0.3) is 0 Å². The number of phenolic OH excluding ortho intramolecular Hbond substituents is 1. The van der Waals surface area contributed by atoms with E-state index in [0.29, 0.717) is 11.3 Å².